The molecule has 116 valence electrons. The summed E-state index contributed by atoms with van der Waals surface area (Å²) in [6.45, 7) is 7.92. The van der Waals surface area contributed by atoms with E-state index in [1.807, 2.05) is 31.2 Å². The molecule has 1 aromatic heterocycles. The minimum Gasteiger partial charge on any atom is -0.371 e. The molecule has 0 aliphatic rings. The van der Waals surface area contributed by atoms with Gasteiger partial charge in [-0.25, -0.2) is 0 Å². The van der Waals surface area contributed by atoms with Crippen molar-refractivity contribution in [3.8, 4) is 0 Å². The number of aromatic nitrogens is 1. The van der Waals surface area contributed by atoms with Crippen molar-refractivity contribution >= 4 is 33.2 Å². The van der Waals surface area contributed by atoms with Gasteiger partial charge in [0.05, 0.1) is 17.4 Å². The molecule has 1 amide bonds. The maximum atomic E-state index is 12.4. The first-order chi connectivity index (χ1) is 10.5. The smallest absolute Gasteiger partial charge is 0.257 e. The summed E-state index contributed by atoms with van der Waals surface area (Å²) in [7, 11) is 0. The second-order valence-corrected chi connectivity index (χ2v) is 5.88. The summed E-state index contributed by atoms with van der Waals surface area (Å²) in [5, 5.41) is 2.91. The minimum atomic E-state index is -0.150. The molecule has 1 N–H and O–H groups in total. The number of amides is 1. The third kappa shape index (κ3) is 3.85. The molecule has 0 bridgehead atoms. The van der Waals surface area contributed by atoms with Gasteiger partial charge in [0.25, 0.3) is 5.91 Å². The molecule has 0 radical (unpaired) electrons. The quantitative estimate of drug-likeness (QED) is 0.865. The molecule has 0 spiro atoms. The lowest BCUT2D eigenvalue weighted by molar-refractivity contribution is 0.102. The molecular weight excluding hydrogens is 342 g/mol. The predicted octanol–water partition coefficient (Wildman–Crippen LogP) is 4.25. The summed E-state index contributed by atoms with van der Waals surface area (Å²) >= 11 is 3.45. The van der Waals surface area contributed by atoms with Crippen LogP contribution in [0.4, 0.5) is 11.4 Å². The van der Waals surface area contributed by atoms with Crippen LogP contribution in [-0.4, -0.2) is 24.0 Å². The second-order valence-electron chi connectivity index (χ2n) is 5.02. The zero-order valence-electron chi connectivity index (χ0n) is 13.1. The molecule has 0 saturated heterocycles. The topological polar surface area (TPSA) is 45.2 Å². The maximum absolute atomic E-state index is 12.4. The summed E-state index contributed by atoms with van der Waals surface area (Å²) in [5.74, 6) is -0.150. The van der Waals surface area contributed by atoms with E-state index in [1.165, 1.54) is 0 Å². The van der Waals surface area contributed by atoms with Gasteiger partial charge in [-0.1, -0.05) is 15.9 Å². The maximum Gasteiger partial charge on any atom is 0.257 e. The fourth-order valence-corrected chi connectivity index (χ4v) is 2.49. The van der Waals surface area contributed by atoms with Crippen LogP contribution >= 0.6 is 15.9 Å². The molecule has 0 unspecified atom stereocenters. The van der Waals surface area contributed by atoms with Crippen LogP contribution in [0.3, 0.4) is 0 Å². The van der Waals surface area contributed by atoms with Crippen molar-refractivity contribution in [2.45, 2.75) is 20.8 Å². The minimum absolute atomic E-state index is 0.150. The number of anilines is 2. The Morgan fingerprint density at radius 1 is 1.23 bits per heavy atom. The van der Waals surface area contributed by atoms with E-state index >= 15 is 0 Å². The Morgan fingerprint density at radius 2 is 1.95 bits per heavy atom. The third-order valence-corrected chi connectivity index (χ3v) is 4.42. The number of hydrogen-bond donors (Lipinski definition) is 1. The van der Waals surface area contributed by atoms with Gasteiger partial charge in [0, 0.05) is 29.4 Å². The van der Waals surface area contributed by atoms with Gasteiger partial charge in [-0.3, -0.25) is 9.78 Å². The number of rotatable bonds is 5. The van der Waals surface area contributed by atoms with Crippen LogP contribution in [-0.2, 0) is 0 Å². The van der Waals surface area contributed by atoms with Crippen LogP contribution in [0, 0.1) is 6.92 Å². The van der Waals surface area contributed by atoms with Crippen molar-refractivity contribution in [1.82, 2.24) is 4.98 Å². The molecule has 0 saturated carbocycles. The lowest BCUT2D eigenvalue weighted by Gasteiger charge is -2.20. The molecule has 0 atom stereocenters. The van der Waals surface area contributed by atoms with E-state index in [0.717, 1.165) is 34.5 Å². The van der Waals surface area contributed by atoms with Gasteiger partial charge in [0.1, 0.15) is 0 Å². The summed E-state index contributed by atoms with van der Waals surface area (Å²) in [6, 6.07) is 7.61. The summed E-state index contributed by atoms with van der Waals surface area (Å²) in [5.41, 5.74) is 3.38. The van der Waals surface area contributed by atoms with Gasteiger partial charge >= 0.3 is 0 Å². The molecule has 0 aliphatic carbocycles. The molecule has 1 heterocycles. The highest BCUT2D eigenvalue weighted by Gasteiger charge is 2.10. The Labute approximate surface area is 139 Å². The number of carbonyl (C=O) groups is 1. The average Bonchev–Trinajstić information content (AvgIpc) is 2.52. The first-order valence-electron chi connectivity index (χ1n) is 7.32. The monoisotopic (exact) mass is 361 g/mol. The molecule has 22 heavy (non-hydrogen) atoms. The van der Waals surface area contributed by atoms with Crippen molar-refractivity contribution in [1.29, 1.82) is 0 Å². The Bertz CT molecular complexity index is 669. The van der Waals surface area contributed by atoms with E-state index < -0.39 is 0 Å². The van der Waals surface area contributed by atoms with Crippen LogP contribution in [0.1, 0.15) is 29.8 Å². The highest BCUT2D eigenvalue weighted by molar-refractivity contribution is 9.10. The van der Waals surface area contributed by atoms with Gasteiger partial charge in [-0.2, -0.15) is 0 Å². The molecular formula is C17H20BrN3O. The van der Waals surface area contributed by atoms with Gasteiger partial charge < -0.3 is 10.2 Å². The predicted molar refractivity (Wildman–Crippen MR) is 94.6 cm³/mol. The first-order valence-corrected chi connectivity index (χ1v) is 8.12. The second kappa shape index (κ2) is 7.40. The number of benzene rings is 1. The van der Waals surface area contributed by atoms with Gasteiger partial charge in [0.2, 0.25) is 0 Å². The summed E-state index contributed by atoms with van der Waals surface area (Å²) in [4.78, 5) is 18.7. The third-order valence-electron chi connectivity index (χ3n) is 3.53. The van der Waals surface area contributed by atoms with E-state index in [4.69, 9.17) is 0 Å². The Kier molecular flexibility index (Phi) is 5.55. The van der Waals surface area contributed by atoms with Crippen LogP contribution in [0.5, 0.6) is 0 Å². The molecule has 5 heteroatoms. The fraction of sp³-hybridized carbons (Fsp3) is 0.294. The van der Waals surface area contributed by atoms with E-state index in [-0.39, 0.29) is 5.91 Å². The Balaban J connectivity index is 2.18. The number of nitrogens with one attached hydrogen (secondary N) is 1. The lowest BCUT2D eigenvalue weighted by Crippen LogP contribution is -2.22. The number of nitrogens with zero attached hydrogens (tertiary/aromatic N) is 2. The largest absolute Gasteiger partial charge is 0.371 e. The van der Waals surface area contributed by atoms with Gasteiger partial charge in [0.15, 0.2) is 0 Å². The van der Waals surface area contributed by atoms with Crippen molar-refractivity contribution in [3.63, 3.8) is 0 Å². The number of carbonyl (C=O) groups excluding carboxylic acids is 1. The number of hydrogen-bond acceptors (Lipinski definition) is 3. The van der Waals surface area contributed by atoms with E-state index in [1.54, 1.807) is 12.4 Å². The van der Waals surface area contributed by atoms with Crippen molar-refractivity contribution < 1.29 is 4.79 Å². The standard InChI is InChI=1S/C17H20BrN3O/c1-4-21(5-2)15-9-13(10-19-11-15)17(22)20-14-6-7-16(18)12(3)8-14/h6-11H,4-5H2,1-3H3,(H,20,22). The first kappa shape index (κ1) is 16.5. The van der Waals surface area contributed by atoms with Crippen molar-refractivity contribution in [3.05, 3.63) is 52.3 Å². The number of aryl methyl sites for hydroxylation is 1. The summed E-state index contributed by atoms with van der Waals surface area (Å²) in [6.07, 6.45) is 3.38. The van der Waals surface area contributed by atoms with Crippen LogP contribution < -0.4 is 10.2 Å². The van der Waals surface area contributed by atoms with E-state index in [0.29, 0.717) is 5.56 Å². The SMILES string of the molecule is CCN(CC)c1cncc(C(=O)Nc2ccc(Br)c(C)c2)c1. The molecule has 0 fully saturated rings. The Hall–Kier alpha value is -1.88. The van der Waals surface area contributed by atoms with Crippen molar-refractivity contribution in [2.75, 3.05) is 23.3 Å². The van der Waals surface area contributed by atoms with Gasteiger partial charge in [-0.15, -0.1) is 0 Å². The summed E-state index contributed by atoms with van der Waals surface area (Å²) < 4.78 is 1.02. The normalized spacial score (nSPS) is 10.4. The fourth-order valence-electron chi connectivity index (χ4n) is 2.24. The molecule has 0 aliphatic heterocycles. The lowest BCUT2D eigenvalue weighted by atomic mass is 10.2. The number of halogens is 1. The van der Waals surface area contributed by atoms with E-state index in [2.05, 4.69) is 45.0 Å². The van der Waals surface area contributed by atoms with Crippen LogP contribution in [0.15, 0.2) is 41.1 Å². The Morgan fingerprint density at radius 3 is 2.59 bits per heavy atom. The van der Waals surface area contributed by atoms with Crippen molar-refractivity contribution in [2.24, 2.45) is 0 Å². The molecule has 2 rings (SSSR count). The highest BCUT2D eigenvalue weighted by atomic mass is 79.9. The number of pyridine rings is 1. The highest BCUT2D eigenvalue weighted by Crippen LogP contribution is 2.21. The zero-order chi connectivity index (χ0) is 16.1. The molecule has 2 aromatic rings. The average molecular weight is 362 g/mol. The van der Waals surface area contributed by atoms with Crippen LogP contribution in [0.2, 0.25) is 0 Å². The van der Waals surface area contributed by atoms with Crippen LogP contribution in [0.25, 0.3) is 0 Å². The molecule has 4 nitrogen and oxygen atoms in total. The van der Waals surface area contributed by atoms with Gasteiger partial charge in [-0.05, 0) is 50.6 Å². The zero-order valence-corrected chi connectivity index (χ0v) is 14.6. The van der Waals surface area contributed by atoms with E-state index in [9.17, 15) is 4.79 Å². The molecule has 1 aromatic carbocycles.